The summed E-state index contributed by atoms with van der Waals surface area (Å²) in [4.78, 5) is 0. The first kappa shape index (κ1) is 9.53. The Morgan fingerprint density at radius 2 is 1.56 bits per heavy atom. The van der Waals surface area contributed by atoms with Gasteiger partial charge in [0.2, 0.25) is 0 Å². The third kappa shape index (κ3) is 8.53. The van der Waals surface area contributed by atoms with E-state index in [1.165, 1.54) is 43.8 Å². The summed E-state index contributed by atoms with van der Waals surface area (Å²) in [5, 5.41) is 1.28. The third-order valence-electron chi connectivity index (χ3n) is 1.56. The van der Waals surface area contributed by atoms with Crippen LogP contribution in [0.5, 0.6) is 0 Å². The van der Waals surface area contributed by atoms with Gasteiger partial charge in [-0.05, 0) is 0 Å². The van der Waals surface area contributed by atoms with Gasteiger partial charge in [-0.2, -0.15) is 0 Å². The minimum absolute atomic E-state index is 0. The van der Waals surface area contributed by atoms with Crippen molar-refractivity contribution in [1.29, 1.82) is 0 Å². The second-order valence-corrected chi connectivity index (χ2v) is 3.13. The van der Waals surface area contributed by atoms with E-state index in [9.17, 15) is 0 Å². The molecule has 2 radical (unpaired) electrons. The van der Waals surface area contributed by atoms with E-state index in [-0.39, 0.29) is 2.85 Å². The van der Waals surface area contributed by atoms with Gasteiger partial charge >= 0.3 is 0 Å². The van der Waals surface area contributed by atoms with Crippen LogP contribution in [-0.2, 0) is 0 Å². The fraction of sp³-hybridized carbons (Fsp3) is 1.00. The quantitative estimate of drug-likeness (QED) is 0.396. The summed E-state index contributed by atoms with van der Waals surface area (Å²) < 4.78 is 0. The normalized spacial score (nSPS) is 9.89. The fourth-order valence-corrected chi connectivity index (χ4v) is 1.21. The molecule has 1 heteroatoms. The van der Waals surface area contributed by atoms with E-state index in [0.29, 0.717) is 0 Å². The Morgan fingerprint density at radius 3 is 2.11 bits per heavy atom. The van der Waals surface area contributed by atoms with Crippen LogP contribution >= 0.6 is 0 Å². The summed E-state index contributed by atoms with van der Waals surface area (Å²) >= 11 is 2.78. The van der Waals surface area contributed by atoms with Crippen molar-refractivity contribution in [2.24, 2.45) is 0 Å². The molecule has 0 atom stereocenters. The zero-order chi connectivity index (χ0) is 6.95. The highest BCUT2D eigenvalue weighted by Gasteiger charge is 1.85. The summed E-state index contributed by atoms with van der Waals surface area (Å²) in [5.74, 6) is 0. The van der Waals surface area contributed by atoms with Gasteiger partial charge in [-0.1, -0.05) is 45.4 Å². The van der Waals surface area contributed by atoms with Gasteiger partial charge in [-0.3, -0.25) is 0 Å². The predicted octanol–water partition coefficient (Wildman–Crippen LogP) is 3.43. The molecule has 0 aliphatic heterocycles. The van der Waals surface area contributed by atoms with Gasteiger partial charge in [-0.25, -0.2) is 0 Å². The molecule has 0 aromatic rings. The fourth-order valence-electron chi connectivity index (χ4n) is 0.925. The molecular formula is C8H21Al. The molecule has 0 nitrogen and oxygen atoms in total. The molecule has 0 saturated carbocycles. The highest BCUT2D eigenvalue weighted by Crippen LogP contribution is 2.05. The van der Waals surface area contributed by atoms with E-state index in [4.69, 9.17) is 0 Å². The molecule has 0 spiro atoms. The average molecular weight is 144 g/mol. The van der Waals surface area contributed by atoms with Crippen molar-refractivity contribution in [3.63, 3.8) is 0 Å². The third-order valence-corrected chi connectivity index (χ3v) is 1.97. The van der Waals surface area contributed by atoms with Gasteiger partial charge in [0.05, 0.1) is 0 Å². The van der Waals surface area contributed by atoms with Gasteiger partial charge in [0, 0.05) is 2.85 Å². The lowest BCUT2D eigenvalue weighted by molar-refractivity contribution is 0.624. The zero-order valence-corrected chi connectivity index (χ0v) is 7.68. The Morgan fingerprint density at radius 1 is 1.00 bits per heavy atom. The smallest absolute Gasteiger partial charge is 0.118 e. The summed E-state index contributed by atoms with van der Waals surface area (Å²) in [7, 11) is 0. The van der Waals surface area contributed by atoms with Crippen LogP contribution in [0.4, 0.5) is 0 Å². The molecule has 0 aromatic heterocycles. The summed E-state index contributed by atoms with van der Waals surface area (Å²) in [6, 6.07) is 0. The molecule has 9 heavy (non-hydrogen) atoms. The van der Waals surface area contributed by atoms with Crippen molar-refractivity contribution in [3.05, 3.63) is 0 Å². The maximum absolute atomic E-state index is 2.78. The first-order chi connectivity index (χ1) is 4.41. The molecule has 0 amide bonds. The Kier molecular flexibility index (Phi) is 9.04. The zero-order valence-electron chi connectivity index (χ0n) is 6.53. The van der Waals surface area contributed by atoms with E-state index < -0.39 is 0 Å². The minimum Gasteiger partial charge on any atom is -0.118 e. The first-order valence-electron chi connectivity index (χ1n) is 4.12. The van der Waals surface area contributed by atoms with Gasteiger partial charge < -0.3 is 0 Å². The molecule has 0 unspecified atom stereocenters. The second-order valence-electron chi connectivity index (χ2n) is 2.56. The lowest BCUT2D eigenvalue weighted by Crippen LogP contribution is -1.77. The van der Waals surface area contributed by atoms with Crippen LogP contribution in [0, 0.1) is 0 Å². The van der Waals surface area contributed by atoms with Crippen molar-refractivity contribution in [2.75, 3.05) is 0 Å². The van der Waals surface area contributed by atoms with Gasteiger partial charge in [-0.15, -0.1) is 5.28 Å². The number of hydrogen-bond donors (Lipinski definition) is 0. The van der Waals surface area contributed by atoms with Crippen LogP contribution in [0.3, 0.4) is 0 Å². The standard InChI is InChI=1S/C8H17.Al.2H2/c1-3-5-7-8-6-4-2;;;/h1,3-8H2,2H3;;2*1H. The van der Waals surface area contributed by atoms with E-state index in [1.54, 1.807) is 0 Å². The van der Waals surface area contributed by atoms with Crippen molar-refractivity contribution in [1.82, 2.24) is 0 Å². The topological polar surface area (TPSA) is 0 Å². The van der Waals surface area contributed by atoms with Crippen LogP contribution in [0.25, 0.3) is 0 Å². The van der Waals surface area contributed by atoms with Crippen molar-refractivity contribution >= 4 is 16.3 Å². The van der Waals surface area contributed by atoms with Crippen LogP contribution in [0.15, 0.2) is 0 Å². The average Bonchev–Trinajstić information content (AvgIpc) is 1.89. The predicted molar refractivity (Wildman–Crippen MR) is 48.2 cm³/mol. The number of hydrogen-bond acceptors (Lipinski definition) is 0. The van der Waals surface area contributed by atoms with E-state index in [0.717, 1.165) is 0 Å². The summed E-state index contributed by atoms with van der Waals surface area (Å²) in [6.45, 7) is 2.26. The largest absolute Gasteiger partial charge is 0.118 e. The molecule has 0 N–H and O–H groups in total. The van der Waals surface area contributed by atoms with Crippen molar-refractivity contribution < 1.29 is 2.85 Å². The number of rotatable bonds is 6. The Hall–Kier alpha value is 0.532. The number of unbranched alkanes of at least 4 members (excludes halogenated alkanes) is 5. The van der Waals surface area contributed by atoms with Gasteiger partial charge in [0.25, 0.3) is 0 Å². The molecule has 0 aliphatic rings. The van der Waals surface area contributed by atoms with Crippen LogP contribution in [0.1, 0.15) is 48.3 Å². The molecule has 0 heterocycles. The highest BCUT2D eigenvalue weighted by atomic mass is 27.0. The van der Waals surface area contributed by atoms with Crippen LogP contribution in [-0.4, -0.2) is 16.3 Å². The highest BCUT2D eigenvalue weighted by molar-refractivity contribution is 6.08. The Bertz CT molecular complexity index is 45.4. The molecule has 0 saturated heterocycles. The summed E-state index contributed by atoms with van der Waals surface area (Å²) in [6.07, 6.45) is 8.51. The van der Waals surface area contributed by atoms with Crippen molar-refractivity contribution in [2.45, 2.75) is 50.7 Å². The van der Waals surface area contributed by atoms with E-state index in [2.05, 4.69) is 23.2 Å². The molecule has 0 bridgehead atoms. The lowest BCUT2D eigenvalue weighted by Gasteiger charge is -1.96. The lowest BCUT2D eigenvalue weighted by atomic mass is 10.1. The maximum Gasteiger partial charge on any atom is 0.118 e. The molecule has 0 fully saturated rings. The summed E-state index contributed by atoms with van der Waals surface area (Å²) in [5.41, 5.74) is 0. The van der Waals surface area contributed by atoms with E-state index >= 15 is 0 Å². The molecular weight excluding hydrogens is 123 g/mol. The van der Waals surface area contributed by atoms with Crippen molar-refractivity contribution in [3.8, 4) is 0 Å². The molecule has 0 aliphatic carbocycles. The minimum atomic E-state index is 0. The molecule has 0 aromatic carbocycles. The van der Waals surface area contributed by atoms with Crippen LogP contribution in [0.2, 0.25) is 5.28 Å². The molecule has 0 rings (SSSR count). The molecule has 56 valence electrons. The van der Waals surface area contributed by atoms with Gasteiger partial charge in [0.15, 0.2) is 0 Å². The van der Waals surface area contributed by atoms with E-state index in [1.807, 2.05) is 0 Å². The monoisotopic (exact) mass is 144 g/mol. The second kappa shape index (κ2) is 8.53. The van der Waals surface area contributed by atoms with Gasteiger partial charge in [0.1, 0.15) is 16.3 Å². The van der Waals surface area contributed by atoms with Crippen LogP contribution < -0.4 is 0 Å². The SMILES string of the molecule is CCCCCCC[CH2][Al].[HH].[HH]. The Labute approximate surface area is 70.4 Å². The first-order valence-corrected chi connectivity index (χ1v) is 4.93. The maximum atomic E-state index is 2.78. The Balaban J connectivity index is -0.000000320.